The number of rotatable bonds is 13. The van der Waals surface area contributed by atoms with Gasteiger partial charge in [0.2, 0.25) is 0 Å². The fourth-order valence-corrected chi connectivity index (χ4v) is 7.28. The molecule has 0 radical (unpaired) electrons. The first-order chi connectivity index (χ1) is 11.2. The molecule has 148 valence electrons. The van der Waals surface area contributed by atoms with Crippen LogP contribution in [0.4, 0.5) is 0 Å². The maximum atomic E-state index is 10.5. The number of unbranched alkanes of at least 4 members (excludes halogenated alkanes) is 4. The van der Waals surface area contributed by atoms with E-state index in [0.29, 0.717) is 0 Å². The molecule has 0 heterocycles. The van der Waals surface area contributed by atoms with Gasteiger partial charge in [-0.05, 0) is 20.3 Å². The summed E-state index contributed by atoms with van der Waals surface area (Å²) in [4.78, 5) is 10.5. The zero-order chi connectivity index (χ0) is 19.1. The Morgan fingerprint density at radius 1 is 0.792 bits per heavy atom. The van der Waals surface area contributed by atoms with Crippen LogP contribution in [0.2, 0.25) is 0 Å². The van der Waals surface area contributed by atoms with Crippen LogP contribution >= 0.6 is 7.26 Å². The van der Waals surface area contributed by atoms with Crippen molar-refractivity contribution in [3.63, 3.8) is 0 Å². The van der Waals surface area contributed by atoms with Crippen LogP contribution in [0.15, 0.2) is 0 Å². The first-order valence-corrected chi connectivity index (χ1v) is 13.5. The molecular formula is C21H47O2P. The van der Waals surface area contributed by atoms with E-state index in [4.69, 9.17) is 5.11 Å². The van der Waals surface area contributed by atoms with Crippen LogP contribution in [0, 0.1) is 5.41 Å². The van der Waals surface area contributed by atoms with E-state index in [-0.39, 0.29) is 0 Å². The van der Waals surface area contributed by atoms with E-state index in [0.717, 1.165) is 19.3 Å². The number of carboxylic acids is 1. The zero-order valence-corrected chi connectivity index (χ0v) is 18.8. The molecule has 0 aromatic heterocycles. The average molecular weight is 363 g/mol. The van der Waals surface area contributed by atoms with Gasteiger partial charge < -0.3 is 5.11 Å². The topological polar surface area (TPSA) is 37.3 Å². The number of aliphatic carboxylic acids is 1. The standard InChI is InChI=1S/C13H31P.C8H16O2/c1-5-8-11-14(4,12-9-6-2)13-10-7-3;1-4-5-6-8(2,3)7(9)10/h14H,5-13H2,1-4H3;4-6H2,1-3H3,(H,9,10). The van der Waals surface area contributed by atoms with Crippen molar-refractivity contribution in [2.45, 2.75) is 99.3 Å². The number of carbonyl (C=O) groups is 1. The third-order valence-electron chi connectivity index (χ3n) is 5.14. The van der Waals surface area contributed by atoms with Gasteiger partial charge in [0.1, 0.15) is 0 Å². The van der Waals surface area contributed by atoms with Gasteiger partial charge in [-0.15, -0.1) is 0 Å². The van der Waals surface area contributed by atoms with E-state index in [1.807, 2.05) is 0 Å². The number of hydrogen-bond acceptors (Lipinski definition) is 1. The summed E-state index contributed by atoms with van der Waals surface area (Å²) in [5, 5.41) is 8.67. The van der Waals surface area contributed by atoms with Crippen LogP contribution in [0.1, 0.15) is 99.3 Å². The zero-order valence-electron chi connectivity index (χ0n) is 17.8. The van der Waals surface area contributed by atoms with Crippen LogP contribution in [0.5, 0.6) is 0 Å². The summed E-state index contributed by atoms with van der Waals surface area (Å²) in [5.74, 6) is -0.694. The van der Waals surface area contributed by atoms with E-state index in [2.05, 4.69) is 34.4 Å². The Bertz CT molecular complexity index is 278. The summed E-state index contributed by atoms with van der Waals surface area (Å²) >= 11 is 0. The summed E-state index contributed by atoms with van der Waals surface area (Å²) in [7, 11) is -0.812. The third-order valence-corrected chi connectivity index (χ3v) is 9.82. The van der Waals surface area contributed by atoms with E-state index in [9.17, 15) is 4.79 Å². The molecule has 2 nitrogen and oxygen atoms in total. The molecule has 0 aromatic carbocycles. The molecule has 0 saturated heterocycles. The summed E-state index contributed by atoms with van der Waals surface area (Å²) < 4.78 is 0. The maximum absolute atomic E-state index is 10.5. The monoisotopic (exact) mass is 362 g/mol. The van der Waals surface area contributed by atoms with E-state index in [1.165, 1.54) is 38.5 Å². The molecular weight excluding hydrogens is 315 g/mol. The van der Waals surface area contributed by atoms with Gasteiger partial charge in [-0.1, -0.05) is 19.8 Å². The molecule has 24 heavy (non-hydrogen) atoms. The molecule has 0 aromatic rings. The molecule has 0 spiro atoms. The van der Waals surface area contributed by atoms with Crippen LogP contribution < -0.4 is 0 Å². The van der Waals surface area contributed by atoms with Crippen LogP contribution in [0.25, 0.3) is 0 Å². The van der Waals surface area contributed by atoms with Crippen molar-refractivity contribution in [2.75, 3.05) is 25.2 Å². The van der Waals surface area contributed by atoms with E-state index < -0.39 is 18.6 Å². The van der Waals surface area contributed by atoms with Gasteiger partial charge in [0.25, 0.3) is 0 Å². The van der Waals surface area contributed by atoms with Gasteiger partial charge in [0, 0.05) is 0 Å². The first-order valence-electron chi connectivity index (χ1n) is 10.4. The minimum absolute atomic E-state index is 0.532. The predicted molar refractivity (Wildman–Crippen MR) is 115 cm³/mol. The Hall–Kier alpha value is -0.100. The van der Waals surface area contributed by atoms with Crippen LogP contribution in [-0.2, 0) is 4.79 Å². The molecule has 0 fully saturated rings. The Labute approximate surface area is 153 Å². The molecule has 3 heteroatoms. The average Bonchev–Trinajstić information content (AvgIpc) is 2.55. The van der Waals surface area contributed by atoms with Crippen molar-refractivity contribution in [3.05, 3.63) is 0 Å². The molecule has 0 unspecified atom stereocenters. The summed E-state index contributed by atoms with van der Waals surface area (Å²) in [5.41, 5.74) is -0.532. The van der Waals surface area contributed by atoms with Gasteiger partial charge in [-0.2, -0.15) is 0 Å². The van der Waals surface area contributed by atoms with Crippen molar-refractivity contribution in [1.82, 2.24) is 0 Å². The third kappa shape index (κ3) is 14.3. The second-order valence-electron chi connectivity index (χ2n) is 8.41. The van der Waals surface area contributed by atoms with Gasteiger partial charge >= 0.3 is 97.7 Å². The van der Waals surface area contributed by atoms with Crippen molar-refractivity contribution in [3.8, 4) is 0 Å². The molecule has 0 bridgehead atoms. The first kappa shape index (κ1) is 26.1. The molecule has 0 rings (SSSR count). The van der Waals surface area contributed by atoms with Gasteiger partial charge in [-0.3, -0.25) is 4.79 Å². The SMILES string of the molecule is CCCCC(C)(C)C(=O)O.CCCC[PH](C)(CCCC)CCCC. The Morgan fingerprint density at radius 3 is 1.38 bits per heavy atom. The summed E-state index contributed by atoms with van der Waals surface area (Å²) in [6, 6.07) is 0. The van der Waals surface area contributed by atoms with Crippen LogP contribution in [-0.4, -0.2) is 36.2 Å². The number of carboxylic acid groups (broad SMARTS) is 1. The van der Waals surface area contributed by atoms with Crippen molar-refractivity contribution in [2.24, 2.45) is 5.41 Å². The van der Waals surface area contributed by atoms with E-state index in [1.54, 1.807) is 32.3 Å². The van der Waals surface area contributed by atoms with Gasteiger partial charge in [0.05, 0.1) is 5.41 Å². The number of hydrogen-bond donors (Lipinski definition) is 1. The van der Waals surface area contributed by atoms with Crippen molar-refractivity contribution >= 4 is 13.2 Å². The summed E-state index contributed by atoms with van der Waals surface area (Å²) in [6.45, 7) is 15.2. The second kappa shape index (κ2) is 15.2. The molecule has 0 aliphatic heterocycles. The van der Waals surface area contributed by atoms with Crippen LogP contribution in [0.3, 0.4) is 0 Å². The minimum atomic E-state index is -0.812. The Morgan fingerprint density at radius 2 is 1.12 bits per heavy atom. The quantitative estimate of drug-likeness (QED) is 0.356. The molecule has 0 saturated carbocycles. The van der Waals surface area contributed by atoms with Crippen molar-refractivity contribution < 1.29 is 9.90 Å². The van der Waals surface area contributed by atoms with Crippen molar-refractivity contribution in [1.29, 1.82) is 0 Å². The molecule has 0 amide bonds. The fourth-order valence-electron chi connectivity index (χ4n) is 2.91. The molecule has 0 aliphatic carbocycles. The molecule has 1 N–H and O–H groups in total. The molecule has 0 atom stereocenters. The fraction of sp³-hybridized carbons (Fsp3) is 0.952. The molecule has 0 aliphatic rings. The predicted octanol–water partition coefficient (Wildman–Crippen LogP) is 7.05. The summed E-state index contributed by atoms with van der Waals surface area (Å²) in [6.07, 6.45) is 16.2. The Balaban J connectivity index is 0. The normalized spacial score (nSPS) is 12.5. The van der Waals surface area contributed by atoms with Gasteiger partial charge in [-0.25, -0.2) is 0 Å². The Kier molecular flexibility index (Phi) is 16.5. The van der Waals surface area contributed by atoms with Gasteiger partial charge in [0.15, 0.2) is 0 Å². The van der Waals surface area contributed by atoms with E-state index >= 15 is 0 Å². The second-order valence-corrected chi connectivity index (χ2v) is 13.5.